The predicted molar refractivity (Wildman–Crippen MR) is 83.1 cm³/mol. The van der Waals surface area contributed by atoms with Crippen LogP contribution in [0.25, 0.3) is 0 Å². The number of urea groups is 1. The molecule has 6 heteroatoms. The van der Waals surface area contributed by atoms with Crippen LogP contribution in [-0.2, 0) is 0 Å². The van der Waals surface area contributed by atoms with Crippen molar-refractivity contribution in [3.05, 3.63) is 59.9 Å². The number of nitriles is 1. The summed E-state index contributed by atoms with van der Waals surface area (Å²) in [5.74, 6) is -0.567. The Hall–Kier alpha value is -3.07. The largest absolute Gasteiger partial charge is 0.382 e. The van der Waals surface area contributed by atoms with Gasteiger partial charge in [-0.25, -0.2) is 9.18 Å². The van der Waals surface area contributed by atoms with Gasteiger partial charge in [0.1, 0.15) is 17.4 Å². The number of anilines is 2. The fourth-order valence-electron chi connectivity index (χ4n) is 1.86. The molecule has 0 saturated heterocycles. The smallest absolute Gasteiger partial charge is 0.319 e. The second-order valence-electron chi connectivity index (χ2n) is 4.45. The molecule has 0 unspecified atom stereocenters. The minimum atomic E-state index is -0.567. The SMILES string of the molecule is N#Cc1c(F)cccc1NCCNC(=O)Nc1ccccc1. The van der Waals surface area contributed by atoms with Crippen LogP contribution in [0.1, 0.15) is 5.56 Å². The zero-order valence-corrected chi connectivity index (χ0v) is 11.8. The van der Waals surface area contributed by atoms with Gasteiger partial charge in [-0.2, -0.15) is 5.26 Å². The molecule has 0 aliphatic rings. The number of halogens is 1. The Bertz CT molecular complexity index is 682. The van der Waals surface area contributed by atoms with E-state index in [0.717, 1.165) is 0 Å². The second-order valence-corrected chi connectivity index (χ2v) is 4.45. The van der Waals surface area contributed by atoms with Crippen LogP contribution in [0, 0.1) is 17.1 Å². The Kier molecular flexibility index (Phi) is 5.32. The molecule has 0 atom stereocenters. The van der Waals surface area contributed by atoms with Crippen LogP contribution in [0.5, 0.6) is 0 Å². The molecule has 2 aromatic rings. The standard InChI is InChI=1S/C16H15FN4O/c17-14-7-4-8-15(13(14)11-18)19-9-10-20-16(22)21-12-5-2-1-3-6-12/h1-8,19H,9-10H2,(H2,20,21,22). The summed E-state index contributed by atoms with van der Waals surface area (Å²) in [6.07, 6.45) is 0. The molecule has 0 heterocycles. The molecule has 5 nitrogen and oxygen atoms in total. The van der Waals surface area contributed by atoms with Crippen molar-refractivity contribution in [3.63, 3.8) is 0 Å². The summed E-state index contributed by atoms with van der Waals surface area (Å²) >= 11 is 0. The van der Waals surface area contributed by atoms with Crippen molar-refractivity contribution in [3.8, 4) is 6.07 Å². The van der Waals surface area contributed by atoms with Gasteiger partial charge in [-0.15, -0.1) is 0 Å². The van der Waals surface area contributed by atoms with Crippen LogP contribution in [0.2, 0.25) is 0 Å². The van der Waals surface area contributed by atoms with Gasteiger partial charge >= 0.3 is 6.03 Å². The molecule has 0 aliphatic carbocycles. The topological polar surface area (TPSA) is 77.0 Å². The molecule has 3 N–H and O–H groups in total. The maximum atomic E-state index is 13.4. The number of rotatable bonds is 5. The summed E-state index contributed by atoms with van der Waals surface area (Å²) in [5, 5.41) is 17.2. The van der Waals surface area contributed by atoms with Crippen molar-refractivity contribution in [2.75, 3.05) is 23.7 Å². The van der Waals surface area contributed by atoms with Gasteiger partial charge in [0.15, 0.2) is 0 Å². The number of para-hydroxylation sites is 1. The van der Waals surface area contributed by atoms with E-state index in [-0.39, 0.29) is 11.6 Å². The molecule has 2 amide bonds. The second kappa shape index (κ2) is 7.64. The third-order valence-corrected chi connectivity index (χ3v) is 2.88. The fraction of sp³-hybridized carbons (Fsp3) is 0.125. The molecule has 112 valence electrons. The van der Waals surface area contributed by atoms with Crippen molar-refractivity contribution in [2.45, 2.75) is 0 Å². The van der Waals surface area contributed by atoms with E-state index in [1.54, 1.807) is 18.2 Å². The summed E-state index contributed by atoms with van der Waals surface area (Å²) in [4.78, 5) is 11.6. The maximum Gasteiger partial charge on any atom is 0.319 e. The third-order valence-electron chi connectivity index (χ3n) is 2.88. The number of hydrogen-bond acceptors (Lipinski definition) is 3. The quantitative estimate of drug-likeness (QED) is 0.743. The van der Waals surface area contributed by atoms with Crippen LogP contribution < -0.4 is 16.0 Å². The molecular weight excluding hydrogens is 283 g/mol. The summed E-state index contributed by atoms with van der Waals surface area (Å²) in [6, 6.07) is 14.9. The zero-order chi connectivity index (χ0) is 15.8. The lowest BCUT2D eigenvalue weighted by Gasteiger charge is -2.10. The number of amides is 2. The molecule has 0 bridgehead atoms. The molecule has 2 aromatic carbocycles. The summed E-state index contributed by atoms with van der Waals surface area (Å²) < 4.78 is 13.4. The van der Waals surface area contributed by atoms with E-state index in [9.17, 15) is 9.18 Å². The van der Waals surface area contributed by atoms with Crippen LogP contribution in [0.4, 0.5) is 20.6 Å². The van der Waals surface area contributed by atoms with Gasteiger partial charge in [0.05, 0.1) is 5.69 Å². The molecule has 0 fully saturated rings. The summed E-state index contributed by atoms with van der Waals surface area (Å²) in [5.41, 5.74) is 1.08. The first-order valence-electron chi connectivity index (χ1n) is 6.73. The van der Waals surface area contributed by atoms with Gasteiger partial charge in [-0.1, -0.05) is 24.3 Å². The number of nitrogens with zero attached hydrogens (tertiary/aromatic N) is 1. The average Bonchev–Trinajstić information content (AvgIpc) is 2.52. The first-order chi connectivity index (χ1) is 10.7. The molecule has 0 saturated carbocycles. The molecule has 2 rings (SSSR count). The minimum absolute atomic E-state index is 0.0313. The van der Waals surface area contributed by atoms with Gasteiger partial charge in [0, 0.05) is 18.8 Å². The highest BCUT2D eigenvalue weighted by Gasteiger charge is 2.07. The molecule has 0 radical (unpaired) electrons. The lowest BCUT2D eigenvalue weighted by atomic mass is 10.2. The highest BCUT2D eigenvalue weighted by atomic mass is 19.1. The number of carbonyl (C=O) groups excluding carboxylic acids is 1. The molecule has 0 aromatic heterocycles. The third kappa shape index (κ3) is 4.21. The molecule has 22 heavy (non-hydrogen) atoms. The summed E-state index contributed by atoms with van der Waals surface area (Å²) in [6.45, 7) is 0.709. The number of hydrogen-bond donors (Lipinski definition) is 3. The van der Waals surface area contributed by atoms with E-state index in [0.29, 0.717) is 24.5 Å². The normalized spacial score (nSPS) is 9.64. The minimum Gasteiger partial charge on any atom is -0.382 e. The summed E-state index contributed by atoms with van der Waals surface area (Å²) in [7, 11) is 0. The van der Waals surface area contributed by atoms with Crippen LogP contribution >= 0.6 is 0 Å². The number of benzene rings is 2. The Morgan fingerprint density at radius 1 is 1.09 bits per heavy atom. The van der Waals surface area contributed by atoms with E-state index in [4.69, 9.17) is 5.26 Å². The van der Waals surface area contributed by atoms with Gasteiger partial charge < -0.3 is 16.0 Å². The number of nitrogens with one attached hydrogen (secondary N) is 3. The monoisotopic (exact) mass is 298 g/mol. The highest BCUT2D eigenvalue weighted by Crippen LogP contribution is 2.17. The first-order valence-corrected chi connectivity index (χ1v) is 6.73. The van der Waals surface area contributed by atoms with Crippen molar-refractivity contribution in [2.24, 2.45) is 0 Å². The van der Waals surface area contributed by atoms with E-state index in [1.165, 1.54) is 12.1 Å². The fourth-order valence-corrected chi connectivity index (χ4v) is 1.86. The van der Waals surface area contributed by atoms with Gasteiger partial charge in [0.2, 0.25) is 0 Å². The van der Waals surface area contributed by atoms with E-state index in [2.05, 4.69) is 16.0 Å². The maximum absolute atomic E-state index is 13.4. The van der Waals surface area contributed by atoms with Gasteiger partial charge in [0.25, 0.3) is 0 Å². The molecule has 0 spiro atoms. The van der Waals surface area contributed by atoms with Crippen molar-refractivity contribution in [1.82, 2.24) is 5.32 Å². The van der Waals surface area contributed by atoms with E-state index >= 15 is 0 Å². The average molecular weight is 298 g/mol. The van der Waals surface area contributed by atoms with Crippen molar-refractivity contribution in [1.29, 1.82) is 5.26 Å². The Labute approximate surface area is 127 Å². The Balaban J connectivity index is 1.77. The lowest BCUT2D eigenvalue weighted by molar-refractivity contribution is 0.252. The van der Waals surface area contributed by atoms with Gasteiger partial charge in [-0.05, 0) is 24.3 Å². The van der Waals surface area contributed by atoms with Gasteiger partial charge in [-0.3, -0.25) is 0 Å². The first kappa shape index (κ1) is 15.3. The van der Waals surface area contributed by atoms with Crippen LogP contribution in [0.3, 0.4) is 0 Å². The Morgan fingerprint density at radius 2 is 1.86 bits per heavy atom. The highest BCUT2D eigenvalue weighted by molar-refractivity contribution is 5.89. The zero-order valence-electron chi connectivity index (χ0n) is 11.8. The van der Waals surface area contributed by atoms with E-state index in [1.807, 2.05) is 24.3 Å². The lowest BCUT2D eigenvalue weighted by Crippen LogP contribution is -2.32. The van der Waals surface area contributed by atoms with Crippen LogP contribution in [-0.4, -0.2) is 19.1 Å². The molecule has 0 aliphatic heterocycles. The number of carbonyl (C=O) groups is 1. The van der Waals surface area contributed by atoms with E-state index < -0.39 is 5.82 Å². The Morgan fingerprint density at radius 3 is 2.59 bits per heavy atom. The predicted octanol–water partition coefficient (Wildman–Crippen LogP) is 2.93. The van der Waals surface area contributed by atoms with Crippen molar-refractivity contribution >= 4 is 17.4 Å². The van der Waals surface area contributed by atoms with Crippen LogP contribution in [0.15, 0.2) is 48.5 Å². The van der Waals surface area contributed by atoms with Crippen molar-refractivity contribution < 1.29 is 9.18 Å². The molecular formula is C16H15FN4O.